The highest BCUT2D eigenvalue weighted by Gasteiger charge is 2.43. The highest BCUT2D eigenvalue weighted by molar-refractivity contribution is 6.00. The van der Waals surface area contributed by atoms with Gasteiger partial charge in [0.15, 0.2) is 5.58 Å². The van der Waals surface area contributed by atoms with E-state index in [1.807, 2.05) is 31.2 Å². The molecule has 0 radical (unpaired) electrons. The van der Waals surface area contributed by atoms with Crippen LogP contribution in [0.3, 0.4) is 0 Å². The van der Waals surface area contributed by atoms with Crippen molar-refractivity contribution in [2.75, 3.05) is 11.1 Å². The van der Waals surface area contributed by atoms with Crippen molar-refractivity contribution < 1.29 is 9.21 Å². The maximum absolute atomic E-state index is 12.2. The first-order chi connectivity index (χ1) is 14.4. The summed E-state index contributed by atoms with van der Waals surface area (Å²) in [6, 6.07) is 11.3. The fraction of sp³-hybridized carbons (Fsp3) is 0.182. The van der Waals surface area contributed by atoms with Crippen molar-refractivity contribution in [3.8, 4) is 17.2 Å². The van der Waals surface area contributed by atoms with Crippen LogP contribution in [-0.4, -0.2) is 15.9 Å². The number of nitrogen functional groups attached to an aromatic ring is 1. The number of hydrogen-bond acceptors (Lipinski definition) is 6. The molecule has 0 spiro atoms. The van der Waals surface area contributed by atoms with Gasteiger partial charge in [0.2, 0.25) is 5.91 Å². The maximum atomic E-state index is 12.2. The van der Waals surface area contributed by atoms with E-state index in [0.717, 1.165) is 27.5 Å². The number of anilines is 2. The van der Waals surface area contributed by atoms with Crippen LogP contribution in [0.4, 0.5) is 11.5 Å². The molecule has 4 N–H and O–H groups in total. The number of carbonyl (C=O) groups is 1. The second-order valence-electron chi connectivity index (χ2n) is 7.60. The number of oxazole rings is 1. The Morgan fingerprint density at radius 1 is 1.33 bits per heavy atom. The Bertz CT molecular complexity index is 1440. The molecule has 4 aromatic rings. The molecule has 5 rings (SSSR count). The lowest BCUT2D eigenvalue weighted by Gasteiger charge is -2.11. The summed E-state index contributed by atoms with van der Waals surface area (Å²) in [5.74, 6) is -0.758. The van der Waals surface area contributed by atoms with E-state index in [-0.39, 0.29) is 17.7 Å². The Morgan fingerprint density at radius 2 is 2.17 bits per heavy atom. The number of carbonyl (C=O) groups excluding carboxylic acids is 1. The van der Waals surface area contributed by atoms with E-state index in [1.54, 1.807) is 12.3 Å². The van der Waals surface area contributed by atoms with E-state index < -0.39 is 5.76 Å². The van der Waals surface area contributed by atoms with Crippen LogP contribution in [0.5, 0.6) is 0 Å². The van der Waals surface area contributed by atoms with Crippen LogP contribution >= 0.6 is 0 Å². The first kappa shape index (κ1) is 17.9. The van der Waals surface area contributed by atoms with Gasteiger partial charge in [0, 0.05) is 17.3 Å². The molecule has 0 saturated heterocycles. The summed E-state index contributed by atoms with van der Waals surface area (Å²) in [4.78, 5) is 30.7. The third-order valence-corrected chi connectivity index (χ3v) is 5.49. The van der Waals surface area contributed by atoms with Crippen LogP contribution in [0.1, 0.15) is 12.0 Å². The molecule has 148 valence electrons. The number of aromatic nitrogens is 2. The predicted molar refractivity (Wildman–Crippen MR) is 113 cm³/mol. The van der Waals surface area contributed by atoms with Gasteiger partial charge in [-0.25, -0.2) is 9.78 Å². The zero-order valence-corrected chi connectivity index (χ0v) is 16.0. The molecule has 1 saturated carbocycles. The third kappa shape index (κ3) is 2.97. The van der Waals surface area contributed by atoms with Gasteiger partial charge >= 0.3 is 5.76 Å². The SMILES string of the molecule is Cc1cc2[nH]c(=O)oc2cc1-c1cc(N)c2cnc(NC(=O)[C@@H]3CC3C#N)cc2c1. The van der Waals surface area contributed by atoms with E-state index in [2.05, 4.69) is 21.4 Å². The first-order valence-corrected chi connectivity index (χ1v) is 9.46. The molecule has 2 aromatic heterocycles. The second kappa shape index (κ2) is 6.46. The van der Waals surface area contributed by atoms with Gasteiger partial charge in [0.1, 0.15) is 5.82 Å². The molecule has 8 nitrogen and oxygen atoms in total. The molecule has 0 aliphatic heterocycles. The Kier molecular flexibility index (Phi) is 3.86. The number of aryl methyl sites for hydroxylation is 1. The average molecular weight is 399 g/mol. The number of fused-ring (bicyclic) bond motifs is 2. The summed E-state index contributed by atoms with van der Waals surface area (Å²) >= 11 is 0. The number of nitriles is 1. The van der Waals surface area contributed by atoms with Crippen molar-refractivity contribution in [3.63, 3.8) is 0 Å². The summed E-state index contributed by atoms with van der Waals surface area (Å²) in [7, 11) is 0. The number of pyridine rings is 1. The molecule has 1 fully saturated rings. The highest BCUT2D eigenvalue weighted by atomic mass is 16.4. The Balaban J connectivity index is 1.55. The molecule has 1 amide bonds. The Morgan fingerprint density at radius 3 is 2.93 bits per heavy atom. The Hall–Kier alpha value is -4.12. The number of rotatable bonds is 3. The van der Waals surface area contributed by atoms with Gasteiger partial charge < -0.3 is 15.5 Å². The number of nitrogens with one attached hydrogen (secondary N) is 2. The standard InChI is InChI=1S/C22H17N5O3/c1-10-2-18-19(30-22(29)26-18)7-14(10)11-3-12-6-20(25-9-16(12)17(24)5-11)27-21(28)15-4-13(15)8-23/h2-3,5-7,9,13,15H,4,24H2,1H3,(H,26,29)(H,25,27,28)/t13?,15-/m1/s1. The minimum atomic E-state index is -0.500. The summed E-state index contributed by atoms with van der Waals surface area (Å²) < 4.78 is 5.19. The largest absolute Gasteiger partial charge is 0.417 e. The van der Waals surface area contributed by atoms with Gasteiger partial charge in [-0.05, 0) is 65.8 Å². The quantitative estimate of drug-likeness (QED) is 0.452. The number of nitrogens with two attached hydrogens (primary N) is 1. The van der Waals surface area contributed by atoms with Crippen LogP contribution in [-0.2, 0) is 4.79 Å². The van der Waals surface area contributed by atoms with Gasteiger partial charge in [0.25, 0.3) is 0 Å². The number of benzene rings is 2. The van der Waals surface area contributed by atoms with Crippen LogP contribution in [0.15, 0.2) is 45.7 Å². The molecule has 1 aliphatic rings. The third-order valence-electron chi connectivity index (χ3n) is 5.49. The molecule has 8 heteroatoms. The number of hydrogen-bond donors (Lipinski definition) is 3. The van der Waals surface area contributed by atoms with Crippen molar-refractivity contribution >= 4 is 39.3 Å². The zero-order chi connectivity index (χ0) is 21.0. The number of nitrogens with zero attached hydrogens (tertiary/aromatic N) is 2. The van der Waals surface area contributed by atoms with Crippen molar-refractivity contribution in [2.45, 2.75) is 13.3 Å². The minimum Gasteiger partial charge on any atom is -0.408 e. The number of aromatic amines is 1. The minimum absolute atomic E-state index is 0.193. The molecule has 1 aliphatic carbocycles. The highest BCUT2D eigenvalue weighted by Crippen LogP contribution is 2.39. The molecular formula is C22H17N5O3. The molecule has 2 atom stereocenters. The molecule has 2 heterocycles. The molecule has 2 aromatic carbocycles. The van der Waals surface area contributed by atoms with Crippen molar-refractivity contribution in [1.82, 2.24) is 9.97 Å². The number of H-pyrrole nitrogens is 1. The van der Waals surface area contributed by atoms with Gasteiger partial charge in [-0.2, -0.15) is 5.26 Å². The average Bonchev–Trinajstić information content (AvgIpc) is 3.41. The van der Waals surface area contributed by atoms with Crippen LogP contribution in [0, 0.1) is 30.1 Å². The van der Waals surface area contributed by atoms with Crippen molar-refractivity contribution in [3.05, 3.63) is 52.6 Å². The van der Waals surface area contributed by atoms with E-state index in [9.17, 15) is 9.59 Å². The van der Waals surface area contributed by atoms with Crippen molar-refractivity contribution in [2.24, 2.45) is 11.8 Å². The van der Waals surface area contributed by atoms with E-state index >= 15 is 0 Å². The predicted octanol–water partition coefficient (Wildman–Crippen LogP) is 3.33. The maximum Gasteiger partial charge on any atom is 0.417 e. The Labute approximate surface area is 170 Å². The van der Waals surface area contributed by atoms with Gasteiger partial charge in [-0.15, -0.1) is 0 Å². The normalized spacial score (nSPS) is 17.7. The van der Waals surface area contributed by atoms with E-state index in [4.69, 9.17) is 15.4 Å². The smallest absolute Gasteiger partial charge is 0.408 e. The molecular weight excluding hydrogens is 382 g/mol. The van der Waals surface area contributed by atoms with E-state index in [0.29, 0.717) is 29.0 Å². The lowest BCUT2D eigenvalue weighted by atomic mass is 9.97. The fourth-order valence-electron chi connectivity index (χ4n) is 3.77. The van der Waals surface area contributed by atoms with Crippen LogP contribution in [0.2, 0.25) is 0 Å². The van der Waals surface area contributed by atoms with Gasteiger partial charge in [0.05, 0.1) is 23.4 Å². The van der Waals surface area contributed by atoms with Crippen LogP contribution < -0.4 is 16.8 Å². The summed E-state index contributed by atoms with van der Waals surface area (Å²) in [5.41, 5.74) is 10.6. The summed E-state index contributed by atoms with van der Waals surface area (Å²) in [5, 5.41) is 13.3. The monoisotopic (exact) mass is 399 g/mol. The topological polar surface area (TPSA) is 138 Å². The summed E-state index contributed by atoms with van der Waals surface area (Å²) in [6.45, 7) is 1.94. The van der Waals surface area contributed by atoms with E-state index in [1.165, 1.54) is 0 Å². The lowest BCUT2D eigenvalue weighted by Crippen LogP contribution is -2.15. The fourth-order valence-corrected chi connectivity index (χ4v) is 3.77. The number of amides is 1. The first-order valence-electron chi connectivity index (χ1n) is 9.46. The van der Waals surface area contributed by atoms with Gasteiger partial charge in [-0.1, -0.05) is 0 Å². The lowest BCUT2D eigenvalue weighted by molar-refractivity contribution is -0.117. The molecule has 30 heavy (non-hydrogen) atoms. The van der Waals surface area contributed by atoms with Crippen LogP contribution in [0.25, 0.3) is 33.0 Å². The molecule has 0 bridgehead atoms. The zero-order valence-electron chi connectivity index (χ0n) is 16.0. The second-order valence-corrected chi connectivity index (χ2v) is 7.60. The van der Waals surface area contributed by atoms with Crippen molar-refractivity contribution in [1.29, 1.82) is 5.26 Å². The molecule has 1 unspecified atom stereocenters. The summed E-state index contributed by atoms with van der Waals surface area (Å²) in [6.07, 6.45) is 2.21. The van der Waals surface area contributed by atoms with Gasteiger partial charge in [-0.3, -0.25) is 9.78 Å².